The van der Waals surface area contributed by atoms with Crippen molar-refractivity contribution in [3.63, 3.8) is 0 Å². The minimum atomic E-state index is -0.355. The summed E-state index contributed by atoms with van der Waals surface area (Å²) in [7, 11) is 0. The van der Waals surface area contributed by atoms with Crippen molar-refractivity contribution in [2.24, 2.45) is 0 Å². The third-order valence-electron chi connectivity index (χ3n) is 5.26. The van der Waals surface area contributed by atoms with Gasteiger partial charge in [-0.2, -0.15) is 0 Å². The number of nitrogens with one attached hydrogen (secondary N) is 2. The summed E-state index contributed by atoms with van der Waals surface area (Å²) in [5.41, 5.74) is 2.00. The van der Waals surface area contributed by atoms with Gasteiger partial charge in [-0.25, -0.2) is 14.8 Å². The molecule has 2 heterocycles. The van der Waals surface area contributed by atoms with Gasteiger partial charge >= 0.3 is 6.03 Å². The summed E-state index contributed by atoms with van der Waals surface area (Å²) in [5, 5.41) is 5.58. The van der Waals surface area contributed by atoms with Crippen LogP contribution in [0.3, 0.4) is 0 Å². The fraction of sp³-hybridized carbons (Fsp3) is 0.292. The second-order valence-corrected chi connectivity index (χ2v) is 7.55. The molecule has 3 aromatic rings. The Labute approximate surface area is 188 Å². The Bertz CT molecular complexity index is 1000. The van der Waals surface area contributed by atoms with Crippen LogP contribution in [0.25, 0.3) is 0 Å². The van der Waals surface area contributed by atoms with Crippen LogP contribution in [0.2, 0.25) is 0 Å². The van der Waals surface area contributed by atoms with E-state index in [-0.39, 0.29) is 6.03 Å². The molecular formula is C24H28N6O2. The van der Waals surface area contributed by atoms with E-state index in [2.05, 4.69) is 54.7 Å². The lowest BCUT2D eigenvalue weighted by Gasteiger charge is -2.35. The largest absolute Gasteiger partial charge is 0.494 e. The maximum absolute atomic E-state index is 12.4. The lowest BCUT2D eigenvalue weighted by Crippen LogP contribution is -2.46. The van der Waals surface area contributed by atoms with Crippen molar-refractivity contribution in [2.45, 2.75) is 13.5 Å². The van der Waals surface area contributed by atoms with Gasteiger partial charge in [0.25, 0.3) is 0 Å². The average molecular weight is 433 g/mol. The highest BCUT2D eigenvalue weighted by molar-refractivity contribution is 5.99. The normalized spacial score (nSPS) is 14.1. The van der Waals surface area contributed by atoms with Gasteiger partial charge in [0.15, 0.2) is 0 Å². The number of carbonyl (C=O) groups excluding carboxylic acids is 1. The summed E-state index contributed by atoms with van der Waals surface area (Å²) < 4.78 is 5.42. The molecule has 8 nitrogen and oxygen atoms in total. The Morgan fingerprint density at radius 1 is 0.969 bits per heavy atom. The number of piperazine rings is 1. The molecule has 1 aliphatic rings. The summed E-state index contributed by atoms with van der Waals surface area (Å²) in [5.74, 6) is 2.05. The quantitative estimate of drug-likeness (QED) is 0.590. The second-order valence-electron chi connectivity index (χ2n) is 7.55. The smallest absolute Gasteiger partial charge is 0.324 e. The van der Waals surface area contributed by atoms with E-state index in [1.807, 2.05) is 31.2 Å². The minimum absolute atomic E-state index is 0.355. The molecule has 0 saturated carbocycles. The average Bonchev–Trinajstić information content (AvgIpc) is 2.82. The van der Waals surface area contributed by atoms with E-state index in [4.69, 9.17) is 4.74 Å². The molecule has 0 unspecified atom stereocenters. The van der Waals surface area contributed by atoms with Crippen molar-refractivity contribution in [1.29, 1.82) is 0 Å². The SMILES string of the molecule is CCOc1ccc(NC(=O)Nc2cc(N3CCN(Cc4ccccc4)CC3)ncn2)cc1. The molecule has 0 bridgehead atoms. The van der Waals surface area contributed by atoms with Crippen LogP contribution in [-0.4, -0.2) is 53.7 Å². The molecule has 0 atom stereocenters. The molecule has 1 aliphatic heterocycles. The maximum Gasteiger partial charge on any atom is 0.324 e. The Morgan fingerprint density at radius 2 is 1.72 bits per heavy atom. The van der Waals surface area contributed by atoms with Crippen LogP contribution in [0.15, 0.2) is 67.0 Å². The van der Waals surface area contributed by atoms with Gasteiger partial charge in [-0.05, 0) is 36.8 Å². The van der Waals surface area contributed by atoms with Crippen molar-refractivity contribution in [1.82, 2.24) is 14.9 Å². The van der Waals surface area contributed by atoms with Gasteiger partial charge < -0.3 is 15.0 Å². The van der Waals surface area contributed by atoms with Crippen LogP contribution in [0.5, 0.6) is 5.75 Å². The molecule has 4 rings (SSSR count). The maximum atomic E-state index is 12.4. The highest BCUT2D eigenvalue weighted by Gasteiger charge is 2.19. The Kier molecular flexibility index (Phi) is 7.14. The highest BCUT2D eigenvalue weighted by atomic mass is 16.5. The van der Waals surface area contributed by atoms with Crippen molar-refractivity contribution in [3.8, 4) is 5.75 Å². The van der Waals surface area contributed by atoms with E-state index in [0.717, 1.165) is 44.3 Å². The van der Waals surface area contributed by atoms with Crippen LogP contribution < -0.4 is 20.3 Å². The van der Waals surface area contributed by atoms with Gasteiger partial charge in [0.1, 0.15) is 23.7 Å². The number of ether oxygens (including phenoxy) is 1. The van der Waals surface area contributed by atoms with E-state index in [9.17, 15) is 4.79 Å². The summed E-state index contributed by atoms with van der Waals surface area (Å²) in [6, 6.07) is 19.2. The molecule has 2 N–H and O–H groups in total. The van der Waals surface area contributed by atoms with Crippen LogP contribution >= 0.6 is 0 Å². The molecule has 1 saturated heterocycles. The van der Waals surface area contributed by atoms with Crippen LogP contribution in [-0.2, 0) is 6.54 Å². The molecular weight excluding hydrogens is 404 g/mol. The predicted molar refractivity (Wildman–Crippen MR) is 126 cm³/mol. The van der Waals surface area contributed by atoms with E-state index in [1.165, 1.54) is 11.9 Å². The number of aromatic nitrogens is 2. The Balaban J connectivity index is 1.29. The number of hydrogen-bond donors (Lipinski definition) is 2. The summed E-state index contributed by atoms with van der Waals surface area (Å²) in [6.07, 6.45) is 1.48. The van der Waals surface area contributed by atoms with E-state index in [0.29, 0.717) is 18.1 Å². The first kappa shape index (κ1) is 21.6. The zero-order valence-electron chi connectivity index (χ0n) is 18.2. The van der Waals surface area contributed by atoms with E-state index < -0.39 is 0 Å². The number of nitrogens with zero attached hydrogens (tertiary/aromatic N) is 4. The molecule has 0 aliphatic carbocycles. The molecule has 0 spiro atoms. The molecule has 0 radical (unpaired) electrons. The fourth-order valence-corrected chi connectivity index (χ4v) is 3.64. The molecule has 32 heavy (non-hydrogen) atoms. The van der Waals surface area contributed by atoms with Gasteiger partial charge in [0.05, 0.1) is 6.61 Å². The third-order valence-corrected chi connectivity index (χ3v) is 5.26. The number of amides is 2. The molecule has 2 amide bonds. The number of carbonyl (C=O) groups is 1. The van der Waals surface area contributed by atoms with E-state index in [1.54, 1.807) is 12.1 Å². The number of rotatable bonds is 7. The molecule has 2 aromatic carbocycles. The predicted octanol–water partition coefficient (Wildman–Crippen LogP) is 3.84. The molecule has 166 valence electrons. The van der Waals surface area contributed by atoms with Crippen LogP contribution in [0, 0.1) is 0 Å². The summed E-state index contributed by atoms with van der Waals surface area (Å²) >= 11 is 0. The van der Waals surface area contributed by atoms with Gasteiger partial charge in [-0.1, -0.05) is 30.3 Å². The van der Waals surface area contributed by atoms with Gasteiger partial charge in [0, 0.05) is 44.5 Å². The minimum Gasteiger partial charge on any atom is -0.494 e. The fourth-order valence-electron chi connectivity index (χ4n) is 3.64. The van der Waals surface area contributed by atoms with Gasteiger partial charge in [-0.15, -0.1) is 0 Å². The van der Waals surface area contributed by atoms with Crippen molar-refractivity contribution in [3.05, 3.63) is 72.6 Å². The van der Waals surface area contributed by atoms with Gasteiger partial charge in [0.2, 0.25) is 0 Å². The molecule has 1 fully saturated rings. The summed E-state index contributed by atoms with van der Waals surface area (Å²) in [6.45, 7) is 7.16. The third kappa shape index (κ3) is 5.95. The zero-order chi connectivity index (χ0) is 22.2. The first-order valence-corrected chi connectivity index (χ1v) is 10.8. The zero-order valence-corrected chi connectivity index (χ0v) is 18.2. The monoisotopic (exact) mass is 432 g/mol. The van der Waals surface area contributed by atoms with Gasteiger partial charge in [-0.3, -0.25) is 10.2 Å². The number of anilines is 3. The van der Waals surface area contributed by atoms with Crippen molar-refractivity contribution < 1.29 is 9.53 Å². The molecule has 1 aromatic heterocycles. The number of benzene rings is 2. The lowest BCUT2D eigenvalue weighted by atomic mass is 10.2. The lowest BCUT2D eigenvalue weighted by molar-refractivity contribution is 0.249. The van der Waals surface area contributed by atoms with Crippen molar-refractivity contribution >= 4 is 23.4 Å². The number of hydrogen-bond acceptors (Lipinski definition) is 6. The standard InChI is InChI=1S/C24H28N6O2/c1-2-32-21-10-8-20(9-11-21)27-24(31)28-22-16-23(26-18-25-22)30-14-12-29(13-15-30)17-19-6-4-3-5-7-19/h3-11,16,18H,2,12-15,17H2,1H3,(H2,25,26,27,28,31). The van der Waals surface area contributed by atoms with E-state index >= 15 is 0 Å². The highest BCUT2D eigenvalue weighted by Crippen LogP contribution is 2.19. The molecule has 8 heteroatoms. The first-order valence-electron chi connectivity index (χ1n) is 10.8. The Morgan fingerprint density at radius 3 is 2.44 bits per heavy atom. The first-order chi connectivity index (χ1) is 15.7. The number of urea groups is 1. The van der Waals surface area contributed by atoms with Crippen LogP contribution in [0.1, 0.15) is 12.5 Å². The second kappa shape index (κ2) is 10.6. The summed E-state index contributed by atoms with van der Waals surface area (Å²) in [4.78, 5) is 25.6. The van der Waals surface area contributed by atoms with Crippen LogP contribution in [0.4, 0.5) is 22.1 Å². The Hall–Kier alpha value is -3.65. The van der Waals surface area contributed by atoms with Crippen molar-refractivity contribution in [2.75, 3.05) is 48.3 Å². The topological polar surface area (TPSA) is 82.6 Å².